The van der Waals surface area contributed by atoms with Crippen molar-refractivity contribution < 1.29 is 5.11 Å². The van der Waals surface area contributed by atoms with E-state index in [4.69, 9.17) is 0 Å². The Morgan fingerprint density at radius 2 is 2.00 bits per heavy atom. The predicted molar refractivity (Wildman–Crippen MR) is 105 cm³/mol. The van der Waals surface area contributed by atoms with Crippen molar-refractivity contribution in [3.05, 3.63) is 41.7 Å². The largest absolute Gasteiger partial charge is 0.392 e. The molecule has 2 atom stereocenters. The molecule has 2 aromatic rings. The number of likely N-dealkylation sites (tertiary alicyclic amines) is 1. The molecule has 2 aliphatic heterocycles. The number of aromatic nitrogens is 4. The van der Waals surface area contributed by atoms with Gasteiger partial charge in [0.15, 0.2) is 5.82 Å². The molecule has 3 aliphatic rings. The summed E-state index contributed by atoms with van der Waals surface area (Å²) in [6.45, 7) is 4.42. The minimum absolute atomic E-state index is 0.123. The summed E-state index contributed by atoms with van der Waals surface area (Å²) >= 11 is 0. The predicted octanol–water partition coefficient (Wildman–Crippen LogP) is 2.13. The summed E-state index contributed by atoms with van der Waals surface area (Å²) in [6, 6.07) is 4.90. The van der Waals surface area contributed by atoms with Gasteiger partial charge in [-0.15, -0.1) is 10.2 Å². The third kappa shape index (κ3) is 3.58. The van der Waals surface area contributed by atoms with Crippen LogP contribution in [-0.4, -0.2) is 59.9 Å². The first-order chi connectivity index (χ1) is 13.8. The van der Waals surface area contributed by atoms with Crippen molar-refractivity contribution in [2.24, 2.45) is 0 Å². The molecule has 2 aromatic heterocycles. The van der Waals surface area contributed by atoms with Gasteiger partial charge in [-0.25, -0.2) is 0 Å². The van der Waals surface area contributed by atoms with E-state index in [1.807, 2.05) is 12.3 Å². The van der Waals surface area contributed by atoms with Crippen LogP contribution in [0.25, 0.3) is 0 Å². The summed E-state index contributed by atoms with van der Waals surface area (Å²) in [5.74, 6) is 2.12. The molecule has 1 aliphatic carbocycles. The van der Waals surface area contributed by atoms with Crippen molar-refractivity contribution in [1.29, 1.82) is 0 Å². The van der Waals surface area contributed by atoms with E-state index in [1.54, 1.807) is 6.20 Å². The topological polar surface area (TPSA) is 70.3 Å². The fraction of sp³-hybridized carbons (Fsp3) is 0.667. The Balaban J connectivity index is 1.33. The first kappa shape index (κ1) is 18.2. The molecule has 28 heavy (non-hydrogen) atoms. The van der Waals surface area contributed by atoms with Crippen molar-refractivity contribution in [2.45, 2.75) is 76.3 Å². The monoisotopic (exact) mass is 382 g/mol. The summed E-state index contributed by atoms with van der Waals surface area (Å²) in [5, 5.41) is 19.5. The fourth-order valence-corrected chi connectivity index (χ4v) is 5.25. The molecule has 1 N–H and O–H groups in total. The van der Waals surface area contributed by atoms with E-state index in [-0.39, 0.29) is 12.1 Å². The normalized spacial score (nSPS) is 27.2. The highest BCUT2D eigenvalue weighted by molar-refractivity contribution is 5.12. The van der Waals surface area contributed by atoms with Crippen LogP contribution in [0.1, 0.15) is 61.8 Å². The van der Waals surface area contributed by atoms with Crippen LogP contribution in [0.4, 0.5) is 0 Å². The van der Waals surface area contributed by atoms with Crippen LogP contribution in [0.5, 0.6) is 0 Å². The molecule has 0 spiro atoms. The number of hydrogen-bond donors (Lipinski definition) is 1. The highest BCUT2D eigenvalue weighted by Gasteiger charge is 2.37. The molecule has 4 heterocycles. The van der Waals surface area contributed by atoms with Gasteiger partial charge < -0.3 is 9.67 Å². The van der Waals surface area contributed by atoms with E-state index in [2.05, 4.69) is 35.6 Å². The number of hydrogen-bond acceptors (Lipinski definition) is 6. The summed E-state index contributed by atoms with van der Waals surface area (Å²) in [6.07, 6.45) is 10.9. The number of pyridine rings is 1. The maximum Gasteiger partial charge on any atom is 0.150 e. The minimum Gasteiger partial charge on any atom is -0.392 e. The van der Waals surface area contributed by atoms with Gasteiger partial charge in [0.25, 0.3) is 0 Å². The quantitative estimate of drug-likeness (QED) is 0.874. The second kappa shape index (κ2) is 7.89. The zero-order chi connectivity index (χ0) is 18.9. The van der Waals surface area contributed by atoms with Crippen LogP contribution in [0.15, 0.2) is 24.5 Å². The molecule has 1 saturated heterocycles. The van der Waals surface area contributed by atoms with E-state index >= 15 is 0 Å². The standard InChI is InChI=1S/C21H30N6O/c28-18-11-19(26(14-18)13-16-5-4-8-22-12-16)21-24-23-20-15-25(9-10-27(20)21)17-6-2-1-3-7-17/h4-5,8,12,17-19,28H,1-3,6-7,9-11,13-15H2/t18-,19+/m1/s1. The van der Waals surface area contributed by atoms with Crippen molar-refractivity contribution in [1.82, 2.24) is 29.5 Å². The van der Waals surface area contributed by atoms with E-state index in [9.17, 15) is 5.11 Å². The van der Waals surface area contributed by atoms with Crippen LogP contribution >= 0.6 is 0 Å². The lowest BCUT2D eigenvalue weighted by Gasteiger charge is -2.37. The van der Waals surface area contributed by atoms with Crippen LogP contribution in [0, 0.1) is 0 Å². The molecular weight excluding hydrogens is 352 g/mol. The Hall–Kier alpha value is -1.83. The number of rotatable bonds is 4. The van der Waals surface area contributed by atoms with E-state index in [0.717, 1.165) is 50.3 Å². The van der Waals surface area contributed by atoms with E-state index < -0.39 is 0 Å². The van der Waals surface area contributed by atoms with Gasteiger partial charge in [-0.05, 0) is 30.9 Å². The Bertz CT molecular complexity index is 787. The highest BCUT2D eigenvalue weighted by atomic mass is 16.3. The molecule has 0 aromatic carbocycles. The number of β-amino-alcohol motifs (C(OH)–C–C–N with tert-alkyl or cyclic N) is 1. The third-order valence-corrected chi connectivity index (χ3v) is 6.69. The third-order valence-electron chi connectivity index (χ3n) is 6.69. The van der Waals surface area contributed by atoms with Gasteiger partial charge in [0.1, 0.15) is 5.82 Å². The Morgan fingerprint density at radius 1 is 1.11 bits per heavy atom. The molecule has 1 saturated carbocycles. The number of fused-ring (bicyclic) bond motifs is 1. The zero-order valence-corrected chi connectivity index (χ0v) is 16.5. The maximum absolute atomic E-state index is 10.3. The van der Waals surface area contributed by atoms with Crippen LogP contribution < -0.4 is 0 Å². The Morgan fingerprint density at radius 3 is 2.82 bits per heavy atom. The Kier molecular flexibility index (Phi) is 5.13. The lowest BCUT2D eigenvalue weighted by molar-refractivity contribution is 0.118. The molecule has 0 radical (unpaired) electrons. The Labute approximate surface area is 166 Å². The fourth-order valence-electron chi connectivity index (χ4n) is 5.25. The first-order valence-corrected chi connectivity index (χ1v) is 10.7. The van der Waals surface area contributed by atoms with Crippen molar-refractivity contribution in [3.8, 4) is 0 Å². The lowest BCUT2D eigenvalue weighted by atomic mass is 9.94. The van der Waals surface area contributed by atoms with Gasteiger partial charge in [-0.1, -0.05) is 25.3 Å². The van der Waals surface area contributed by atoms with Crippen LogP contribution in [0.2, 0.25) is 0 Å². The lowest BCUT2D eigenvalue weighted by Crippen LogP contribution is -2.42. The van der Waals surface area contributed by atoms with Crippen LogP contribution in [0.3, 0.4) is 0 Å². The average molecular weight is 383 g/mol. The van der Waals surface area contributed by atoms with Gasteiger partial charge in [-0.3, -0.25) is 14.8 Å². The van der Waals surface area contributed by atoms with Gasteiger partial charge in [0.2, 0.25) is 0 Å². The highest BCUT2D eigenvalue weighted by Crippen LogP contribution is 2.34. The SMILES string of the molecule is O[C@@H]1C[C@@H](c2nnc3n2CCN(C2CCCCC2)C3)N(Cc2cccnc2)C1. The molecular formula is C21H30N6O. The van der Waals surface area contributed by atoms with E-state index in [1.165, 1.54) is 37.7 Å². The molecule has 150 valence electrons. The second-order valence-corrected chi connectivity index (χ2v) is 8.58. The van der Waals surface area contributed by atoms with Crippen molar-refractivity contribution >= 4 is 0 Å². The van der Waals surface area contributed by atoms with Gasteiger partial charge in [-0.2, -0.15) is 0 Å². The molecule has 0 amide bonds. The summed E-state index contributed by atoms with van der Waals surface area (Å²) in [4.78, 5) is 9.17. The zero-order valence-electron chi connectivity index (χ0n) is 16.5. The number of nitrogens with zero attached hydrogens (tertiary/aromatic N) is 6. The van der Waals surface area contributed by atoms with Crippen molar-refractivity contribution in [3.63, 3.8) is 0 Å². The molecule has 0 unspecified atom stereocenters. The van der Waals surface area contributed by atoms with Gasteiger partial charge >= 0.3 is 0 Å². The average Bonchev–Trinajstić information content (AvgIpc) is 3.31. The van der Waals surface area contributed by atoms with Gasteiger partial charge in [0.05, 0.1) is 18.7 Å². The summed E-state index contributed by atoms with van der Waals surface area (Å²) in [7, 11) is 0. The molecule has 7 nitrogen and oxygen atoms in total. The summed E-state index contributed by atoms with van der Waals surface area (Å²) < 4.78 is 2.32. The summed E-state index contributed by atoms with van der Waals surface area (Å²) in [5.41, 5.74) is 1.17. The molecule has 7 heteroatoms. The molecule has 0 bridgehead atoms. The van der Waals surface area contributed by atoms with Crippen LogP contribution in [-0.2, 0) is 19.6 Å². The first-order valence-electron chi connectivity index (χ1n) is 10.7. The van der Waals surface area contributed by atoms with Gasteiger partial charge in [0, 0.05) is 44.6 Å². The molecule has 2 fully saturated rings. The minimum atomic E-state index is -0.308. The second-order valence-electron chi connectivity index (χ2n) is 8.58. The maximum atomic E-state index is 10.3. The number of aliphatic hydroxyl groups excluding tert-OH is 1. The smallest absolute Gasteiger partial charge is 0.150 e. The molecule has 5 rings (SSSR count). The number of aliphatic hydroxyl groups is 1. The van der Waals surface area contributed by atoms with E-state index in [0.29, 0.717) is 6.54 Å². The van der Waals surface area contributed by atoms with Crippen molar-refractivity contribution in [2.75, 3.05) is 13.1 Å².